The van der Waals surface area contributed by atoms with E-state index in [2.05, 4.69) is 44.5 Å². The first-order valence-electron chi connectivity index (χ1n) is 6.49. The molecule has 2 rings (SSSR count). The Morgan fingerprint density at radius 2 is 2.24 bits per heavy atom. The smallest absolute Gasteiger partial charge is 0.0649 e. The van der Waals surface area contributed by atoms with Gasteiger partial charge in [0.1, 0.15) is 0 Å². The Morgan fingerprint density at radius 3 is 2.94 bits per heavy atom. The van der Waals surface area contributed by atoms with Gasteiger partial charge in [0.2, 0.25) is 0 Å². The van der Waals surface area contributed by atoms with Crippen LogP contribution in [0.4, 0.5) is 0 Å². The number of hydrogen-bond acceptors (Lipinski definition) is 3. The molecule has 0 aliphatic carbocycles. The summed E-state index contributed by atoms with van der Waals surface area (Å²) in [6.45, 7) is 10.4. The molecule has 0 fully saturated rings. The van der Waals surface area contributed by atoms with Crippen LogP contribution in [0.3, 0.4) is 0 Å². The number of thiophene rings is 1. The van der Waals surface area contributed by atoms with Gasteiger partial charge in [-0.1, -0.05) is 27.7 Å². The molecule has 1 aromatic rings. The molecule has 96 valence electrons. The minimum Gasteiger partial charge on any atom is -0.309 e. The summed E-state index contributed by atoms with van der Waals surface area (Å²) in [7, 11) is 0. The molecular formula is C14H23NS2. The maximum atomic E-state index is 3.78. The first-order valence-corrected chi connectivity index (χ1v) is 8.25. The van der Waals surface area contributed by atoms with Gasteiger partial charge in [0.25, 0.3) is 0 Å². The van der Waals surface area contributed by atoms with Gasteiger partial charge in [-0.15, -0.1) is 23.1 Å². The number of thioether (sulfide) groups is 1. The van der Waals surface area contributed by atoms with E-state index in [0.29, 0.717) is 11.5 Å². The summed E-state index contributed by atoms with van der Waals surface area (Å²) in [4.78, 5) is 0. The number of fused-ring (bicyclic) bond motifs is 1. The van der Waals surface area contributed by atoms with Crippen molar-refractivity contribution in [2.75, 3.05) is 6.54 Å². The fourth-order valence-corrected chi connectivity index (χ4v) is 4.63. The summed E-state index contributed by atoms with van der Waals surface area (Å²) in [6.07, 6.45) is 2.49. The van der Waals surface area contributed by atoms with Crippen LogP contribution in [-0.2, 0) is 0 Å². The van der Waals surface area contributed by atoms with Crippen molar-refractivity contribution < 1.29 is 0 Å². The highest BCUT2D eigenvalue weighted by atomic mass is 32.2. The van der Waals surface area contributed by atoms with Crippen molar-refractivity contribution in [1.82, 2.24) is 5.32 Å². The lowest BCUT2D eigenvalue weighted by atomic mass is 9.89. The van der Waals surface area contributed by atoms with Crippen LogP contribution in [0.1, 0.15) is 52.1 Å². The number of rotatable bonds is 4. The molecule has 1 aliphatic rings. The maximum absolute atomic E-state index is 3.78. The van der Waals surface area contributed by atoms with Gasteiger partial charge in [-0.05, 0) is 35.3 Å². The molecule has 2 heterocycles. The third-order valence-electron chi connectivity index (χ3n) is 3.69. The third kappa shape index (κ3) is 3.27. The summed E-state index contributed by atoms with van der Waals surface area (Å²) in [5.74, 6) is 0. The van der Waals surface area contributed by atoms with Gasteiger partial charge in [-0.3, -0.25) is 0 Å². The summed E-state index contributed by atoms with van der Waals surface area (Å²) in [6, 6.07) is 2.87. The summed E-state index contributed by atoms with van der Waals surface area (Å²) < 4.78 is 1.52. The second kappa shape index (κ2) is 5.33. The van der Waals surface area contributed by atoms with E-state index in [1.807, 2.05) is 23.1 Å². The molecule has 0 amide bonds. The molecule has 0 bridgehead atoms. The standard InChI is InChI=1S/C14H23NS2/c1-5-14(3,4)9-15-12-8-10(2)17-13-11(12)6-7-16-13/h6-7,10,12,15H,5,8-9H2,1-4H3/t10-,12?/m0/s1. The van der Waals surface area contributed by atoms with E-state index in [1.54, 1.807) is 0 Å². The van der Waals surface area contributed by atoms with Crippen molar-refractivity contribution in [2.24, 2.45) is 5.41 Å². The number of hydrogen-bond donors (Lipinski definition) is 1. The first kappa shape index (κ1) is 13.4. The lowest BCUT2D eigenvalue weighted by Crippen LogP contribution is -2.34. The van der Waals surface area contributed by atoms with Crippen molar-refractivity contribution in [2.45, 2.75) is 56.0 Å². The van der Waals surface area contributed by atoms with Gasteiger partial charge in [0, 0.05) is 17.8 Å². The second-order valence-electron chi connectivity index (χ2n) is 5.78. The molecule has 1 aliphatic heterocycles. The summed E-state index contributed by atoms with van der Waals surface area (Å²) in [5, 5.41) is 6.75. The van der Waals surface area contributed by atoms with Gasteiger partial charge in [0.15, 0.2) is 0 Å². The predicted octanol–water partition coefficient (Wildman–Crippen LogP) is 4.70. The molecule has 0 saturated carbocycles. The fraction of sp³-hybridized carbons (Fsp3) is 0.714. The van der Waals surface area contributed by atoms with Crippen molar-refractivity contribution in [3.8, 4) is 0 Å². The normalized spacial score (nSPS) is 24.7. The molecule has 0 radical (unpaired) electrons. The van der Waals surface area contributed by atoms with E-state index in [-0.39, 0.29) is 0 Å². The van der Waals surface area contributed by atoms with Crippen LogP contribution >= 0.6 is 23.1 Å². The summed E-state index contributed by atoms with van der Waals surface area (Å²) in [5.41, 5.74) is 1.94. The molecule has 1 aromatic heterocycles. The molecule has 0 aromatic carbocycles. The molecule has 0 spiro atoms. The van der Waals surface area contributed by atoms with Crippen LogP contribution in [-0.4, -0.2) is 11.8 Å². The van der Waals surface area contributed by atoms with Crippen molar-refractivity contribution >= 4 is 23.1 Å². The number of nitrogens with one attached hydrogen (secondary N) is 1. The first-order chi connectivity index (χ1) is 8.02. The molecule has 2 atom stereocenters. The van der Waals surface area contributed by atoms with Crippen molar-refractivity contribution in [1.29, 1.82) is 0 Å². The SMILES string of the molecule is CCC(C)(C)CNC1C[C@H](C)Sc2sccc21. The van der Waals surface area contributed by atoms with E-state index in [9.17, 15) is 0 Å². The van der Waals surface area contributed by atoms with Crippen LogP contribution in [0.25, 0.3) is 0 Å². The quantitative estimate of drug-likeness (QED) is 0.850. The van der Waals surface area contributed by atoms with Gasteiger partial charge in [-0.25, -0.2) is 0 Å². The maximum Gasteiger partial charge on any atom is 0.0649 e. The second-order valence-corrected chi connectivity index (χ2v) is 8.40. The lowest BCUT2D eigenvalue weighted by Gasteiger charge is -2.31. The molecule has 1 nitrogen and oxygen atoms in total. The minimum absolute atomic E-state index is 0.407. The average Bonchev–Trinajstić information content (AvgIpc) is 2.73. The monoisotopic (exact) mass is 269 g/mol. The molecule has 3 heteroatoms. The Hall–Kier alpha value is 0.0100. The van der Waals surface area contributed by atoms with Crippen LogP contribution < -0.4 is 5.32 Å². The van der Waals surface area contributed by atoms with Crippen LogP contribution in [0.2, 0.25) is 0 Å². The zero-order chi connectivity index (χ0) is 12.5. The highest BCUT2D eigenvalue weighted by Gasteiger charge is 2.27. The van der Waals surface area contributed by atoms with Crippen LogP contribution in [0, 0.1) is 5.41 Å². The van der Waals surface area contributed by atoms with E-state index in [4.69, 9.17) is 0 Å². The molecular weight excluding hydrogens is 246 g/mol. The highest BCUT2D eigenvalue weighted by Crippen LogP contribution is 2.43. The van der Waals surface area contributed by atoms with Crippen LogP contribution in [0.5, 0.6) is 0 Å². The Bertz CT molecular complexity index is 370. The van der Waals surface area contributed by atoms with Crippen LogP contribution in [0.15, 0.2) is 15.7 Å². The predicted molar refractivity (Wildman–Crippen MR) is 79.1 cm³/mol. The largest absolute Gasteiger partial charge is 0.309 e. The zero-order valence-corrected chi connectivity index (χ0v) is 12.9. The summed E-state index contributed by atoms with van der Waals surface area (Å²) >= 11 is 3.93. The van der Waals surface area contributed by atoms with Gasteiger partial charge < -0.3 is 5.32 Å². The Balaban J connectivity index is 2.03. The van der Waals surface area contributed by atoms with Crippen molar-refractivity contribution in [3.05, 3.63) is 17.0 Å². The van der Waals surface area contributed by atoms with E-state index < -0.39 is 0 Å². The molecule has 17 heavy (non-hydrogen) atoms. The van der Waals surface area contributed by atoms with E-state index >= 15 is 0 Å². The third-order valence-corrected chi connectivity index (χ3v) is 6.04. The van der Waals surface area contributed by atoms with Gasteiger partial charge in [0.05, 0.1) is 4.21 Å². The van der Waals surface area contributed by atoms with E-state index in [0.717, 1.165) is 11.8 Å². The zero-order valence-electron chi connectivity index (χ0n) is 11.2. The Morgan fingerprint density at radius 1 is 1.47 bits per heavy atom. The molecule has 1 N–H and O–H groups in total. The Kier molecular flexibility index (Phi) is 4.22. The average molecular weight is 269 g/mol. The molecule has 1 unspecified atom stereocenters. The minimum atomic E-state index is 0.407. The van der Waals surface area contributed by atoms with Gasteiger partial charge >= 0.3 is 0 Å². The highest BCUT2D eigenvalue weighted by molar-refractivity contribution is 8.01. The lowest BCUT2D eigenvalue weighted by molar-refractivity contribution is 0.303. The topological polar surface area (TPSA) is 12.0 Å². The van der Waals surface area contributed by atoms with Crippen molar-refractivity contribution in [3.63, 3.8) is 0 Å². The Labute approximate surface area is 113 Å². The van der Waals surface area contributed by atoms with Gasteiger partial charge in [-0.2, -0.15) is 0 Å². The molecule has 0 saturated heterocycles. The fourth-order valence-electron chi connectivity index (χ4n) is 2.07. The van der Waals surface area contributed by atoms with E-state index in [1.165, 1.54) is 22.6 Å².